The molecular weight excluding hydrogens is 703 g/mol. The molecule has 208 valence electrons. The van der Waals surface area contributed by atoms with E-state index in [0.717, 1.165) is 5.69 Å². The van der Waals surface area contributed by atoms with Gasteiger partial charge in [-0.15, -0.1) is 0 Å². The summed E-state index contributed by atoms with van der Waals surface area (Å²) < 4.78 is 0. The zero-order valence-electron chi connectivity index (χ0n) is 19.8. The second-order valence-electron chi connectivity index (χ2n) is 7.83. The van der Waals surface area contributed by atoms with Gasteiger partial charge in [0.1, 0.15) is 6.23 Å². The summed E-state index contributed by atoms with van der Waals surface area (Å²) in [6.45, 7) is 1.08. The van der Waals surface area contributed by atoms with Gasteiger partial charge < -0.3 is 41.3 Å². The van der Waals surface area contributed by atoms with E-state index in [1.54, 1.807) is 24.3 Å². The van der Waals surface area contributed by atoms with Gasteiger partial charge in [-0.1, -0.05) is 50.7 Å². The van der Waals surface area contributed by atoms with Crippen molar-refractivity contribution in [3.63, 3.8) is 0 Å². The molecule has 0 spiro atoms. The predicted octanol–water partition coefficient (Wildman–Crippen LogP) is 1.80. The van der Waals surface area contributed by atoms with Crippen LogP contribution in [0.3, 0.4) is 0 Å². The molecule has 0 radical (unpaired) electrons. The minimum Gasteiger partial charge on any atom is -0.396 e. The molecule has 8 N–H and O–H groups in total. The number of benzene rings is 2. The van der Waals surface area contributed by atoms with E-state index in [4.69, 9.17) is 15.3 Å². The Morgan fingerprint density at radius 3 is 1.75 bits per heavy atom. The first kappa shape index (κ1) is 34.6. The third-order valence-corrected chi connectivity index (χ3v) is 5.34. The molecule has 2 aromatic rings. The van der Waals surface area contributed by atoms with Crippen LogP contribution in [0.4, 0.5) is 11.4 Å². The summed E-state index contributed by atoms with van der Waals surface area (Å²) in [7, 11) is 0. The summed E-state index contributed by atoms with van der Waals surface area (Å²) in [6, 6.07) is 18.1. The van der Waals surface area contributed by atoms with Gasteiger partial charge in [-0.25, -0.2) is 0 Å². The van der Waals surface area contributed by atoms with Crippen molar-refractivity contribution < 1.29 is 35.4 Å². The molecule has 0 bridgehead atoms. The number of amides is 1. The maximum Gasteiger partial charge on any atom is 0.230 e. The molecule has 1 unspecified atom stereocenters. The van der Waals surface area contributed by atoms with Crippen LogP contribution in [0.25, 0.3) is 0 Å². The molecule has 10 heteroatoms. The molecule has 0 saturated heterocycles. The Balaban J connectivity index is 0. The van der Waals surface area contributed by atoms with E-state index in [1.165, 1.54) is 0 Å². The van der Waals surface area contributed by atoms with Gasteiger partial charge in [0.05, 0.1) is 24.7 Å². The first-order valence-corrected chi connectivity index (χ1v) is 11.4. The maximum absolute atomic E-state index is 11.8. The van der Waals surface area contributed by atoms with Crippen molar-refractivity contribution in [3.8, 4) is 0 Å². The SMILES string of the molecule is C.CC[C@H](O)[C@H](CCO)C(O)Nc1ccccc1.O=C(Nc1ccccc1)[C@@H](CCO)[C@@H](O)CO.[Cf]. The number of aliphatic hydroxyl groups excluding tert-OH is 6. The first-order valence-electron chi connectivity index (χ1n) is 11.4. The fourth-order valence-corrected chi connectivity index (χ4v) is 3.35. The van der Waals surface area contributed by atoms with Crippen molar-refractivity contribution >= 4 is 17.3 Å². The number of para-hydroxylation sites is 2. The van der Waals surface area contributed by atoms with Crippen molar-refractivity contribution in [2.75, 3.05) is 30.5 Å². The fourth-order valence-electron chi connectivity index (χ4n) is 3.35. The van der Waals surface area contributed by atoms with E-state index in [0.29, 0.717) is 18.5 Å². The number of carbonyl (C=O) groups excluding carboxylic acids is 1. The summed E-state index contributed by atoms with van der Waals surface area (Å²) >= 11 is 0. The molecule has 36 heavy (non-hydrogen) atoms. The predicted molar refractivity (Wildman–Crippen MR) is 138 cm³/mol. The molecule has 0 aliphatic heterocycles. The van der Waals surface area contributed by atoms with Crippen LogP contribution in [0.15, 0.2) is 60.7 Å². The van der Waals surface area contributed by atoms with Crippen molar-refractivity contribution in [2.45, 2.75) is 52.0 Å². The van der Waals surface area contributed by atoms with Gasteiger partial charge in [-0.3, -0.25) is 4.79 Å². The second kappa shape index (κ2) is 19.7. The van der Waals surface area contributed by atoms with E-state index < -0.39 is 36.9 Å². The van der Waals surface area contributed by atoms with Gasteiger partial charge in [0.25, 0.3) is 0 Å². The zero-order chi connectivity index (χ0) is 25.3. The molecule has 0 aromatic heterocycles. The third kappa shape index (κ3) is 12.3. The van der Waals surface area contributed by atoms with Crippen LogP contribution in [-0.2, 0) is 4.79 Å². The Morgan fingerprint density at radius 2 is 1.31 bits per heavy atom. The molecule has 0 saturated carbocycles. The topological polar surface area (TPSA) is 163 Å². The molecule has 1 amide bonds. The Bertz CT molecular complexity index is 786. The van der Waals surface area contributed by atoms with Crippen molar-refractivity contribution in [2.24, 2.45) is 11.8 Å². The van der Waals surface area contributed by atoms with E-state index in [1.807, 2.05) is 43.3 Å². The Morgan fingerprint density at radius 1 is 0.806 bits per heavy atom. The van der Waals surface area contributed by atoms with Crippen molar-refractivity contribution in [1.29, 1.82) is 0 Å². The van der Waals surface area contributed by atoms with Crippen molar-refractivity contribution in [1.82, 2.24) is 0 Å². The van der Waals surface area contributed by atoms with Gasteiger partial charge >= 0.3 is 0 Å². The van der Waals surface area contributed by atoms with Crippen LogP contribution >= 0.6 is 0 Å². The largest absolute Gasteiger partial charge is 0.396 e. The number of aliphatic hydroxyl groups is 6. The third-order valence-electron chi connectivity index (χ3n) is 5.34. The molecular formula is C26H42CfN2O7. The average Bonchev–Trinajstić information content (AvgIpc) is 2.86. The summed E-state index contributed by atoms with van der Waals surface area (Å²) in [5.74, 6) is -1.60. The van der Waals surface area contributed by atoms with Crippen LogP contribution in [0.1, 0.15) is 33.6 Å². The molecule has 0 heterocycles. The minimum absolute atomic E-state index is 0. The smallest absolute Gasteiger partial charge is 0.230 e. The fraction of sp³-hybridized carbons (Fsp3) is 0.500. The van der Waals surface area contributed by atoms with Crippen LogP contribution in [-0.4, -0.2) is 74.8 Å². The van der Waals surface area contributed by atoms with E-state index in [9.17, 15) is 20.1 Å². The second-order valence-corrected chi connectivity index (χ2v) is 7.83. The summed E-state index contributed by atoms with van der Waals surface area (Å²) in [5.41, 5.74) is 1.41. The number of hydrogen-bond donors (Lipinski definition) is 8. The van der Waals surface area contributed by atoms with Crippen molar-refractivity contribution in [3.05, 3.63) is 60.7 Å². The number of rotatable bonds is 13. The van der Waals surface area contributed by atoms with Crippen LogP contribution < -0.4 is 10.6 Å². The van der Waals surface area contributed by atoms with Gasteiger partial charge in [0.15, 0.2) is 0 Å². The van der Waals surface area contributed by atoms with E-state index in [2.05, 4.69) is 10.6 Å². The minimum atomic E-state index is -1.16. The standard InChI is InChI=1S/C13H21NO3.C12H17NO4.CH4.Cf/c1-2-12(16)11(8-9-15)13(17)14-10-6-4-3-5-7-10;14-7-6-10(11(16)8-15)12(17)13-9-4-2-1-3-5-9;;/h3-7,11-17H,2,8-9H2,1H3;1-5,10-11,14-16H,6-8H2,(H,13,17);1H4;/t11-,12-,13?;10-,11-;;/m00../s1. The van der Waals surface area contributed by atoms with E-state index >= 15 is 0 Å². The molecule has 5 atom stereocenters. The molecule has 0 fully saturated rings. The van der Waals surface area contributed by atoms with Crippen LogP contribution in [0.5, 0.6) is 0 Å². The molecule has 9 nitrogen and oxygen atoms in total. The maximum atomic E-state index is 11.8. The number of nitrogens with one attached hydrogen (secondary N) is 2. The van der Waals surface area contributed by atoms with Crippen LogP contribution in [0.2, 0.25) is 0 Å². The van der Waals surface area contributed by atoms with Gasteiger partial charge in [0, 0.05) is 30.5 Å². The van der Waals surface area contributed by atoms with Gasteiger partial charge in [0.2, 0.25) is 5.91 Å². The van der Waals surface area contributed by atoms with E-state index in [-0.39, 0.29) is 33.0 Å². The number of carbonyl (C=O) groups is 1. The van der Waals surface area contributed by atoms with Gasteiger partial charge in [-0.05, 0) is 43.5 Å². The average molecular weight is 746 g/mol. The monoisotopic (exact) mass is 743 g/mol. The molecule has 2 rings (SSSR count). The zero-order valence-corrected chi connectivity index (χ0v) is 22.4. The number of hydrogen-bond acceptors (Lipinski definition) is 8. The first-order chi connectivity index (χ1) is 16.4. The Labute approximate surface area is 208 Å². The summed E-state index contributed by atoms with van der Waals surface area (Å²) in [6.07, 6.45) is -1.60. The normalized spacial score (nSPS) is 14.3. The Kier molecular flexibility index (Phi) is 19.0. The Hall–Kier alpha value is -3.53. The summed E-state index contributed by atoms with van der Waals surface area (Å²) in [4.78, 5) is 11.8. The summed E-state index contributed by atoms with van der Waals surface area (Å²) in [5, 5.41) is 61.4. The molecule has 0 aliphatic rings. The quantitative estimate of drug-likeness (QED) is 0.144. The van der Waals surface area contributed by atoms with Crippen LogP contribution in [0, 0.1) is 11.8 Å². The molecule has 0 aliphatic carbocycles. The number of anilines is 2. The van der Waals surface area contributed by atoms with Gasteiger partial charge in [-0.2, -0.15) is 0 Å². The molecule has 2 aromatic carbocycles.